The van der Waals surface area contributed by atoms with E-state index in [1.165, 1.54) is 0 Å². The second-order valence-electron chi connectivity index (χ2n) is 17.6. The van der Waals surface area contributed by atoms with Crippen LogP contribution in [-0.2, 0) is 27.2 Å². The Bertz CT molecular complexity index is 2340. The molecular weight excluding hydrogens is 902 g/mol. The minimum absolute atomic E-state index is 0.0410. The van der Waals surface area contributed by atoms with Crippen LogP contribution < -0.4 is 20.9 Å². The zero-order valence-corrected chi connectivity index (χ0v) is 38.3. The van der Waals surface area contributed by atoms with E-state index in [-0.39, 0.29) is 17.5 Å². The topological polar surface area (TPSA) is 146 Å². The lowest BCUT2D eigenvalue weighted by molar-refractivity contribution is -0.220. The summed E-state index contributed by atoms with van der Waals surface area (Å²) in [6.45, 7) is 4.11. The van der Waals surface area contributed by atoms with Crippen LogP contribution in [-0.4, -0.2) is 120 Å². The smallest absolute Gasteiger partial charge is 0.407 e. The second-order valence-corrected chi connectivity index (χ2v) is 17.6. The molecular formula is C48H57F7N8O5. The van der Waals surface area contributed by atoms with Crippen molar-refractivity contribution < 1.29 is 54.9 Å². The van der Waals surface area contributed by atoms with Gasteiger partial charge in [0, 0.05) is 92.7 Å². The highest BCUT2D eigenvalue weighted by molar-refractivity contribution is 5.87. The van der Waals surface area contributed by atoms with Gasteiger partial charge in [-0.25, -0.2) is 23.2 Å². The van der Waals surface area contributed by atoms with E-state index in [0.29, 0.717) is 33.5 Å². The van der Waals surface area contributed by atoms with Gasteiger partial charge in [0.05, 0.1) is 30.9 Å². The molecule has 0 spiro atoms. The summed E-state index contributed by atoms with van der Waals surface area (Å²) < 4.78 is 110. The molecule has 68 heavy (non-hydrogen) atoms. The second kappa shape index (κ2) is 23.0. The largest absolute Gasteiger partial charge is 0.453 e. The number of benzene rings is 2. The predicted molar refractivity (Wildman–Crippen MR) is 239 cm³/mol. The number of aliphatic hydroxyl groups excluding tert-OH is 1. The molecule has 2 aliphatic heterocycles. The van der Waals surface area contributed by atoms with Gasteiger partial charge in [-0.05, 0) is 93.5 Å². The van der Waals surface area contributed by atoms with Crippen LogP contribution in [0.3, 0.4) is 0 Å². The summed E-state index contributed by atoms with van der Waals surface area (Å²) in [6.07, 6.45) is 0.0615. The van der Waals surface area contributed by atoms with Gasteiger partial charge in [-0.1, -0.05) is 30.9 Å². The minimum Gasteiger partial charge on any atom is -0.453 e. The number of aromatic nitrogens is 3. The van der Waals surface area contributed by atoms with Crippen LogP contribution in [0.5, 0.6) is 0 Å². The molecule has 0 radical (unpaired) electrons. The lowest BCUT2D eigenvalue weighted by Gasteiger charge is -2.41. The van der Waals surface area contributed by atoms with Gasteiger partial charge in [-0.3, -0.25) is 9.69 Å². The third kappa shape index (κ3) is 13.1. The number of anilines is 1. The minimum atomic E-state index is -4.98. The van der Waals surface area contributed by atoms with Crippen LogP contribution >= 0.6 is 0 Å². The van der Waals surface area contributed by atoms with Crippen LogP contribution in [0, 0.1) is 28.9 Å². The maximum absolute atomic E-state index is 15.2. The van der Waals surface area contributed by atoms with Gasteiger partial charge in [0.2, 0.25) is 5.91 Å². The molecule has 5 atom stereocenters. The Morgan fingerprint density at radius 3 is 2.18 bits per heavy atom. The first-order valence-corrected chi connectivity index (χ1v) is 22.4. The zero-order valence-electron chi connectivity index (χ0n) is 38.3. The number of piperazine rings is 1. The third-order valence-corrected chi connectivity index (χ3v) is 12.4. The lowest BCUT2D eigenvalue weighted by atomic mass is 9.82. The molecule has 4 heterocycles. The Morgan fingerprint density at radius 2 is 1.59 bits per heavy atom. The Kier molecular flexibility index (Phi) is 17.5. The number of nitrogens with zero attached hydrogens (tertiary/aromatic N) is 5. The molecule has 13 nitrogen and oxygen atoms in total. The Labute approximate surface area is 390 Å². The number of hydrogen-bond acceptors (Lipinski definition) is 10. The number of amides is 2. The SMILES string of the molecule is CCCOCCCN1C2CCC1CN(c1ccc(C#Cc3ccc(C[C@H](NC(=O)[C@@H](NC(=O)OC)C(C)(C)C(F)(F)F)[C@@H](O)CNCc4c(F)cc(-c5cnn(C(F)F)c5)cc4F)cc3)cn1)C2. The fourth-order valence-corrected chi connectivity index (χ4v) is 8.39. The average Bonchev–Trinajstić information content (AvgIpc) is 3.89. The van der Waals surface area contributed by atoms with E-state index in [1.807, 2.05) is 17.4 Å². The molecule has 4 aromatic rings. The monoisotopic (exact) mass is 958 g/mol. The van der Waals surface area contributed by atoms with Crippen LogP contribution in [0.25, 0.3) is 11.1 Å². The third-order valence-electron chi connectivity index (χ3n) is 12.4. The number of carbonyl (C=O) groups is 2. The fraction of sp³-hybridized carbons (Fsp3) is 0.500. The average molecular weight is 959 g/mol. The van der Waals surface area contributed by atoms with E-state index >= 15 is 8.78 Å². The van der Waals surface area contributed by atoms with E-state index in [2.05, 4.69) is 49.0 Å². The van der Waals surface area contributed by atoms with E-state index in [1.54, 1.807) is 30.5 Å². The summed E-state index contributed by atoms with van der Waals surface area (Å²) in [5, 5.41) is 22.0. The lowest BCUT2D eigenvalue weighted by Crippen LogP contribution is -2.62. The molecule has 2 amide bonds. The zero-order chi connectivity index (χ0) is 49.2. The van der Waals surface area contributed by atoms with Crippen molar-refractivity contribution in [3.63, 3.8) is 0 Å². The van der Waals surface area contributed by atoms with Crippen LogP contribution in [0.15, 0.2) is 67.1 Å². The number of ether oxygens (including phenoxy) is 2. The van der Waals surface area contributed by atoms with Crippen LogP contribution in [0.4, 0.5) is 41.3 Å². The number of alkyl halides is 5. The number of nitrogens with one attached hydrogen (secondary N) is 3. The Hall–Kier alpha value is -5.75. The number of carbonyl (C=O) groups excluding carboxylic acids is 2. The number of fused-ring (bicyclic) bond motifs is 2. The van der Waals surface area contributed by atoms with Crippen molar-refractivity contribution in [1.29, 1.82) is 0 Å². The maximum Gasteiger partial charge on any atom is 0.407 e. The summed E-state index contributed by atoms with van der Waals surface area (Å²) in [4.78, 5) is 35.5. The molecule has 2 unspecified atom stereocenters. The number of alkyl carbamates (subject to hydrolysis) is 1. The molecule has 4 N–H and O–H groups in total. The van der Waals surface area contributed by atoms with Crippen molar-refractivity contribution >= 4 is 17.8 Å². The van der Waals surface area contributed by atoms with Gasteiger partial charge < -0.3 is 35.4 Å². The molecule has 2 saturated heterocycles. The summed E-state index contributed by atoms with van der Waals surface area (Å²) >= 11 is 0. The molecule has 2 fully saturated rings. The molecule has 0 aliphatic carbocycles. The van der Waals surface area contributed by atoms with Crippen LogP contribution in [0.1, 0.15) is 75.3 Å². The van der Waals surface area contributed by atoms with Gasteiger partial charge in [0.1, 0.15) is 23.5 Å². The Morgan fingerprint density at radius 1 is 0.926 bits per heavy atom. The number of hydrogen-bond donors (Lipinski definition) is 4. The molecule has 0 saturated carbocycles. The van der Waals surface area contributed by atoms with Crippen LogP contribution in [0.2, 0.25) is 0 Å². The number of halogens is 7. The van der Waals surface area contributed by atoms with Crippen molar-refractivity contribution in [2.45, 2.75) is 102 Å². The molecule has 2 bridgehead atoms. The number of aliphatic hydroxyl groups is 1. The van der Waals surface area contributed by atoms with E-state index in [4.69, 9.17) is 9.72 Å². The van der Waals surface area contributed by atoms with Crippen molar-refractivity contribution in [2.24, 2.45) is 5.41 Å². The van der Waals surface area contributed by atoms with Crippen molar-refractivity contribution in [3.05, 3.63) is 101 Å². The quantitative estimate of drug-likeness (QED) is 0.0416. The molecule has 20 heteroatoms. The number of pyridine rings is 1. The summed E-state index contributed by atoms with van der Waals surface area (Å²) in [5.74, 6) is 3.75. The van der Waals surface area contributed by atoms with E-state index in [9.17, 15) is 36.6 Å². The van der Waals surface area contributed by atoms with Gasteiger partial charge in [-0.15, -0.1) is 0 Å². The predicted octanol–water partition coefficient (Wildman–Crippen LogP) is 6.98. The van der Waals surface area contributed by atoms with Crippen molar-refractivity contribution in [1.82, 2.24) is 35.6 Å². The number of rotatable bonds is 20. The van der Waals surface area contributed by atoms with Gasteiger partial charge in [0.15, 0.2) is 0 Å². The summed E-state index contributed by atoms with van der Waals surface area (Å²) in [7, 11) is 0.920. The molecule has 368 valence electrons. The Balaban J connectivity index is 1.12. The van der Waals surface area contributed by atoms with Gasteiger partial charge in [-0.2, -0.15) is 27.1 Å². The fourth-order valence-electron chi connectivity index (χ4n) is 8.39. The first kappa shape index (κ1) is 51.6. The number of methoxy groups -OCH3 is 1. The summed E-state index contributed by atoms with van der Waals surface area (Å²) in [5.41, 5.74) is -1.45. The van der Waals surface area contributed by atoms with E-state index < -0.39 is 78.6 Å². The molecule has 2 aliphatic rings. The molecule has 2 aromatic heterocycles. The maximum atomic E-state index is 15.2. The van der Waals surface area contributed by atoms with Gasteiger partial charge >= 0.3 is 18.8 Å². The van der Waals surface area contributed by atoms with E-state index in [0.717, 1.165) is 110 Å². The first-order valence-electron chi connectivity index (χ1n) is 22.4. The highest BCUT2D eigenvalue weighted by atomic mass is 19.4. The highest BCUT2D eigenvalue weighted by Gasteiger charge is 2.56. The van der Waals surface area contributed by atoms with Crippen molar-refractivity contribution in [2.75, 3.05) is 51.4 Å². The highest BCUT2D eigenvalue weighted by Crippen LogP contribution is 2.41. The summed E-state index contributed by atoms with van der Waals surface area (Å²) in [6, 6.07) is 9.92. The van der Waals surface area contributed by atoms with Gasteiger partial charge in [0.25, 0.3) is 0 Å². The standard InChI is InChI=1S/C48H57F7N8O5/c1-5-18-68-19-6-17-62-35-14-15-36(62)29-61(28-35)42-16-13-32(23-57-42)12-9-30-7-10-31(11-8-30)20-40(59-44(65)43(60-46(66)67-4)47(2,3)48(53,54)55)41(64)26-56-25-37-38(49)21-33(22-39(37)50)34-24-58-63(27-34)45(51)52/h7-8,10-11,13,16,21-24,27,35-36,40-41,43,45,56,64H,5-6,14-15,17-20,25-26,28-29H2,1-4H3,(H,59,65)(H,60,66)/t35?,36?,40-,41-,43+/m0/s1. The normalized spacial score (nSPS) is 17.6. The molecule has 6 rings (SSSR count). The first-order chi connectivity index (χ1) is 32.4. The molecule has 2 aromatic carbocycles. The van der Waals surface area contributed by atoms with Crippen molar-refractivity contribution in [3.8, 4) is 23.0 Å².